The zero-order valence-corrected chi connectivity index (χ0v) is 6.76. The van der Waals surface area contributed by atoms with E-state index in [1.165, 1.54) is 19.3 Å². The molecule has 2 nitrogen and oxygen atoms in total. The third-order valence-corrected chi connectivity index (χ3v) is 2.35. The van der Waals surface area contributed by atoms with Crippen LogP contribution in [0.1, 0.15) is 19.3 Å². The standard InChI is InChI=1S/C5H10NOS2/c7-9(8)4-6-5-2-1-3-5/h5-6H,1-4H2/q-1. The smallest absolute Gasteiger partial charge is 0.00483 e. The monoisotopic (exact) mass is 164 g/mol. The van der Waals surface area contributed by atoms with Gasteiger partial charge in [0, 0.05) is 6.04 Å². The maximum Gasteiger partial charge on any atom is 0.00483 e. The largest absolute Gasteiger partial charge is 0.450 e. The quantitative estimate of drug-likeness (QED) is 0.616. The summed E-state index contributed by atoms with van der Waals surface area (Å²) in [5.41, 5.74) is 0. The SMILES string of the molecule is O=[S-](=S)CNC1CCC1. The Kier molecular flexibility index (Phi) is 2.88. The lowest BCUT2D eigenvalue weighted by Crippen LogP contribution is -2.35. The first-order valence-electron chi connectivity index (χ1n) is 3.08. The van der Waals surface area contributed by atoms with E-state index in [1.54, 1.807) is 0 Å². The van der Waals surface area contributed by atoms with E-state index in [9.17, 15) is 4.21 Å². The molecule has 1 saturated carbocycles. The van der Waals surface area contributed by atoms with Crippen molar-refractivity contribution in [1.29, 1.82) is 0 Å². The van der Waals surface area contributed by atoms with Crippen LogP contribution in [0.4, 0.5) is 0 Å². The summed E-state index contributed by atoms with van der Waals surface area (Å²) < 4.78 is 10.4. The van der Waals surface area contributed by atoms with Crippen LogP contribution in [0.5, 0.6) is 0 Å². The lowest BCUT2D eigenvalue weighted by atomic mass is 9.94. The molecule has 1 fully saturated rings. The van der Waals surface area contributed by atoms with E-state index in [1.807, 2.05) is 0 Å². The Bertz CT molecular complexity index is 143. The van der Waals surface area contributed by atoms with Gasteiger partial charge in [0.1, 0.15) is 0 Å². The van der Waals surface area contributed by atoms with Crippen LogP contribution in [0.3, 0.4) is 0 Å². The Morgan fingerprint density at radius 1 is 1.67 bits per heavy atom. The summed E-state index contributed by atoms with van der Waals surface area (Å²) in [4.78, 5) is 0. The second-order valence-electron chi connectivity index (χ2n) is 2.28. The van der Waals surface area contributed by atoms with Crippen molar-refractivity contribution in [2.24, 2.45) is 0 Å². The van der Waals surface area contributed by atoms with Crippen molar-refractivity contribution in [2.75, 3.05) is 5.88 Å². The van der Waals surface area contributed by atoms with Crippen LogP contribution < -0.4 is 5.32 Å². The second kappa shape index (κ2) is 3.49. The number of nitrogens with one attached hydrogen (secondary N) is 1. The van der Waals surface area contributed by atoms with Gasteiger partial charge in [-0.3, -0.25) is 0 Å². The van der Waals surface area contributed by atoms with Gasteiger partial charge in [-0.05, 0) is 18.7 Å². The summed E-state index contributed by atoms with van der Waals surface area (Å²) in [6.07, 6.45) is 3.76. The van der Waals surface area contributed by atoms with Gasteiger partial charge in [0.25, 0.3) is 0 Å². The average Bonchev–Trinajstić information content (AvgIpc) is 1.60. The topological polar surface area (TPSA) is 29.1 Å². The van der Waals surface area contributed by atoms with Gasteiger partial charge in [0.2, 0.25) is 0 Å². The van der Waals surface area contributed by atoms with Crippen LogP contribution in [0, 0.1) is 0 Å². The second-order valence-corrected chi connectivity index (χ2v) is 4.29. The first-order valence-corrected chi connectivity index (χ1v) is 5.32. The van der Waals surface area contributed by atoms with Gasteiger partial charge in [0.05, 0.1) is 0 Å². The molecule has 0 amide bonds. The van der Waals surface area contributed by atoms with Crippen molar-refractivity contribution in [2.45, 2.75) is 25.3 Å². The Hall–Kier alpha value is 0.330. The molecule has 0 radical (unpaired) electrons. The predicted molar refractivity (Wildman–Crippen MR) is 41.1 cm³/mol. The Morgan fingerprint density at radius 2 is 2.33 bits per heavy atom. The van der Waals surface area contributed by atoms with Crippen LogP contribution in [0.25, 0.3) is 0 Å². The van der Waals surface area contributed by atoms with Gasteiger partial charge in [-0.25, -0.2) is 11.2 Å². The molecule has 0 unspecified atom stereocenters. The van der Waals surface area contributed by atoms with Crippen LogP contribution in [-0.4, -0.2) is 11.9 Å². The molecule has 0 aromatic heterocycles. The van der Waals surface area contributed by atoms with E-state index in [0.29, 0.717) is 11.9 Å². The summed E-state index contributed by atoms with van der Waals surface area (Å²) in [6, 6.07) is 0.608. The highest BCUT2D eigenvalue weighted by Gasteiger charge is 2.14. The Labute approximate surface area is 61.7 Å². The minimum absolute atomic E-state index is 0.486. The minimum atomic E-state index is -1.08. The molecule has 0 bridgehead atoms. The Balaban J connectivity index is 2.04. The minimum Gasteiger partial charge on any atom is -0.450 e. The van der Waals surface area contributed by atoms with Gasteiger partial charge in [-0.15, -0.1) is 0 Å². The van der Waals surface area contributed by atoms with E-state index in [4.69, 9.17) is 0 Å². The lowest BCUT2D eigenvalue weighted by molar-refractivity contribution is 0.356. The van der Waals surface area contributed by atoms with E-state index in [0.717, 1.165) is 0 Å². The maximum atomic E-state index is 10.4. The number of hydrogen-bond acceptors (Lipinski definition) is 4. The molecule has 1 rings (SSSR count). The van der Waals surface area contributed by atoms with Gasteiger partial charge < -0.3 is 9.53 Å². The predicted octanol–water partition coefficient (Wildman–Crippen LogP) is 0.512. The average molecular weight is 164 g/mol. The first-order chi connectivity index (χ1) is 4.29. The molecule has 0 aromatic carbocycles. The normalized spacial score (nSPS) is 20.1. The van der Waals surface area contributed by atoms with Crippen molar-refractivity contribution < 1.29 is 4.21 Å². The Morgan fingerprint density at radius 3 is 2.67 bits per heavy atom. The number of hydrogen-bond donors (Lipinski definition) is 1. The molecule has 0 heterocycles. The van der Waals surface area contributed by atoms with Crippen LogP contribution in [0.15, 0.2) is 0 Å². The van der Waals surface area contributed by atoms with Crippen LogP contribution in [-0.2, 0) is 24.8 Å². The molecule has 54 valence electrons. The summed E-state index contributed by atoms with van der Waals surface area (Å²) in [7, 11) is -1.08. The molecule has 4 heteroatoms. The summed E-state index contributed by atoms with van der Waals surface area (Å²) in [6.45, 7) is 0. The van der Waals surface area contributed by atoms with Gasteiger partial charge in [-0.1, -0.05) is 6.42 Å². The zero-order chi connectivity index (χ0) is 6.69. The van der Waals surface area contributed by atoms with Crippen LogP contribution >= 0.6 is 0 Å². The van der Waals surface area contributed by atoms with E-state index in [2.05, 4.69) is 16.5 Å². The summed E-state index contributed by atoms with van der Waals surface area (Å²) in [5.74, 6) is 0.486. The fraction of sp³-hybridized carbons (Fsp3) is 1.00. The molecule has 0 atom stereocenters. The third kappa shape index (κ3) is 2.60. The highest BCUT2D eigenvalue weighted by molar-refractivity contribution is 8.21. The fourth-order valence-electron chi connectivity index (χ4n) is 0.798. The molecule has 1 aliphatic rings. The molecule has 0 spiro atoms. The summed E-state index contributed by atoms with van der Waals surface area (Å²) >= 11 is 4.48. The summed E-state index contributed by atoms with van der Waals surface area (Å²) in [5, 5.41) is 3.11. The lowest BCUT2D eigenvalue weighted by Gasteiger charge is -2.27. The van der Waals surface area contributed by atoms with Crippen molar-refractivity contribution in [1.82, 2.24) is 5.32 Å². The van der Waals surface area contributed by atoms with Crippen molar-refractivity contribution >= 4 is 20.5 Å². The van der Waals surface area contributed by atoms with Gasteiger partial charge in [0.15, 0.2) is 0 Å². The van der Waals surface area contributed by atoms with Gasteiger partial charge >= 0.3 is 0 Å². The van der Waals surface area contributed by atoms with Crippen molar-refractivity contribution in [3.63, 3.8) is 0 Å². The molecular formula is C5H10NOS2-. The fourth-order valence-corrected chi connectivity index (χ4v) is 1.37. The van der Waals surface area contributed by atoms with Crippen LogP contribution in [0.2, 0.25) is 0 Å². The molecular weight excluding hydrogens is 154 g/mol. The molecule has 1 N–H and O–H groups in total. The van der Waals surface area contributed by atoms with Crippen molar-refractivity contribution in [3.05, 3.63) is 0 Å². The van der Waals surface area contributed by atoms with E-state index >= 15 is 0 Å². The van der Waals surface area contributed by atoms with Crippen molar-refractivity contribution in [3.8, 4) is 0 Å². The highest BCUT2D eigenvalue weighted by atomic mass is 32.8. The highest BCUT2D eigenvalue weighted by Crippen LogP contribution is 2.17. The molecule has 0 aliphatic heterocycles. The first kappa shape index (κ1) is 7.44. The zero-order valence-electron chi connectivity index (χ0n) is 5.13. The van der Waals surface area contributed by atoms with Gasteiger partial charge in [-0.2, -0.15) is 9.36 Å². The number of rotatable bonds is 3. The molecule has 1 aliphatic carbocycles. The molecule has 0 aromatic rings. The maximum absolute atomic E-state index is 10.4. The van der Waals surface area contributed by atoms with E-state index < -0.39 is 9.36 Å². The molecule has 0 saturated heterocycles. The van der Waals surface area contributed by atoms with E-state index in [-0.39, 0.29) is 0 Å². The molecule has 9 heavy (non-hydrogen) atoms. The third-order valence-electron chi connectivity index (χ3n) is 1.60.